The van der Waals surface area contributed by atoms with Gasteiger partial charge in [-0.15, -0.1) is 0 Å². The van der Waals surface area contributed by atoms with E-state index in [1.807, 2.05) is 0 Å². The van der Waals surface area contributed by atoms with Gasteiger partial charge in [0.25, 0.3) is 0 Å². The molecule has 1 aliphatic heterocycles. The van der Waals surface area contributed by atoms with Crippen LogP contribution in [0.2, 0.25) is 0 Å². The number of thioether (sulfide) groups is 1. The van der Waals surface area contributed by atoms with Gasteiger partial charge in [-0.25, -0.2) is 0 Å². The Kier molecular flexibility index (Phi) is 3.38. The Morgan fingerprint density at radius 2 is 2.73 bits per heavy atom. The summed E-state index contributed by atoms with van der Waals surface area (Å²) in [6.45, 7) is 1.77. The van der Waals surface area contributed by atoms with Crippen molar-refractivity contribution in [1.29, 1.82) is 0 Å². The normalized spacial score (nSPS) is 38.1. The van der Waals surface area contributed by atoms with Crippen LogP contribution in [0.1, 0.15) is 6.92 Å². The summed E-state index contributed by atoms with van der Waals surface area (Å²) >= 11 is 1.48. The molecule has 1 fully saturated rings. The standard InChI is InChI=1S/C5H8BO3PS/c1-5(8-3-10-7)9-4(6)2-11-5/h4H,2-3H2,1H3. The molecule has 0 aromatic rings. The Hall–Kier alpha value is 0.435. The second-order valence-corrected chi connectivity index (χ2v) is 4.11. The lowest BCUT2D eigenvalue weighted by atomic mass is 10.0. The molecule has 0 aromatic carbocycles. The first-order chi connectivity index (χ1) is 5.16. The molecule has 6 heteroatoms. The van der Waals surface area contributed by atoms with Crippen LogP contribution in [0.15, 0.2) is 0 Å². The molecule has 0 spiro atoms. The fourth-order valence-corrected chi connectivity index (χ4v) is 2.05. The monoisotopic (exact) mass is 190 g/mol. The smallest absolute Gasteiger partial charge is 0.215 e. The Balaban J connectivity index is 2.35. The summed E-state index contributed by atoms with van der Waals surface area (Å²) in [7, 11) is 5.45. The molecule has 1 aliphatic rings. The highest BCUT2D eigenvalue weighted by Crippen LogP contribution is 2.36. The highest BCUT2D eigenvalue weighted by Gasteiger charge is 2.35. The average Bonchev–Trinajstić information content (AvgIpc) is 2.28. The molecule has 1 saturated heterocycles. The van der Waals surface area contributed by atoms with E-state index in [2.05, 4.69) is 0 Å². The lowest BCUT2D eigenvalue weighted by Gasteiger charge is -2.21. The third-order valence-electron chi connectivity index (χ3n) is 1.25. The highest BCUT2D eigenvalue weighted by molar-refractivity contribution is 8.00. The Labute approximate surface area is 72.8 Å². The van der Waals surface area contributed by atoms with Crippen molar-refractivity contribution in [2.75, 3.05) is 12.1 Å². The summed E-state index contributed by atoms with van der Waals surface area (Å²) in [6, 6.07) is -0.270. The van der Waals surface area contributed by atoms with Crippen LogP contribution in [0.5, 0.6) is 0 Å². The third kappa shape index (κ3) is 2.75. The van der Waals surface area contributed by atoms with Crippen LogP contribution < -0.4 is 0 Å². The predicted molar refractivity (Wildman–Crippen MR) is 45.0 cm³/mol. The molecular formula is C5H8BO3PS. The molecule has 0 saturated carbocycles. The fourth-order valence-electron chi connectivity index (χ4n) is 0.796. The van der Waals surface area contributed by atoms with Crippen LogP contribution in [-0.4, -0.2) is 31.1 Å². The first-order valence-electron chi connectivity index (χ1n) is 3.17. The van der Waals surface area contributed by atoms with Crippen LogP contribution in [0.4, 0.5) is 0 Å². The Morgan fingerprint density at radius 3 is 3.18 bits per heavy atom. The van der Waals surface area contributed by atoms with E-state index in [0.29, 0.717) is 5.75 Å². The minimum absolute atomic E-state index is 0.0336. The van der Waals surface area contributed by atoms with E-state index < -0.39 is 5.12 Å². The number of rotatable bonds is 3. The van der Waals surface area contributed by atoms with Crippen LogP contribution in [0.25, 0.3) is 0 Å². The summed E-state index contributed by atoms with van der Waals surface area (Å²) in [5, 5.41) is -0.698. The van der Waals surface area contributed by atoms with Crippen molar-refractivity contribution < 1.29 is 14.0 Å². The molecule has 1 rings (SSSR count). The largest absolute Gasteiger partial charge is 0.347 e. The predicted octanol–water partition coefficient (Wildman–Crippen LogP) is 1.18. The maximum Gasteiger partial charge on any atom is 0.215 e. The molecular weight excluding hydrogens is 182 g/mol. The second kappa shape index (κ2) is 3.90. The molecule has 2 atom stereocenters. The van der Waals surface area contributed by atoms with E-state index in [4.69, 9.17) is 17.3 Å². The van der Waals surface area contributed by atoms with E-state index in [1.54, 1.807) is 6.92 Å². The SMILES string of the molecule is [B]C1CSC(C)(OCP=O)O1. The van der Waals surface area contributed by atoms with Crippen molar-refractivity contribution in [3.05, 3.63) is 0 Å². The molecule has 2 unspecified atom stereocenters. The van der Waals surface area contributed by atoms with Gasteiger partial charge in [0.1, 0.15) is 14.2 Å². The third-order valence-corrected chi connectivity index (χ3v) is 2.72. The van der Waals surface area contributed by atoms with E-state index in [1.165, 1.54) is 11.8 Å². The van der Waals surface area contributed by atoms with Gasteiger partial charge in [0.2, 0.25) is 5.12 Å². The van der Waals surface area contributed by atoms with Crippen LogP contribution in [-0.2, 0) is 14.0 Å². The molecule has 1 heterocycles. The molecule has 0 bridgehead atoms. The van der Waals surface area contributed by atoms with Gasteiger partial charge in [0.15, 0.2) is 8.46 Å². The maximum absolute atomic E-state index is 10.1. The molecule has 11 heavy (non-hydrogen) atoms. The van der Waals surface area contributed by atoms with Gasteiger partial charge >= 0.3 is 0 Å². The number of ether oxygens (including phenoxy) is 2. The van der Waals surface area contributed by atoms with Crippen LogP contribution >= 0.6 is 20.2 Å². The maximum atomic E-state index is 10.1. The Bertz CT molecular complexity index is 159. The Morgan fingerprint density at radius 1 is 2.00 bits per heavy atom. The van der Waals surface area contributed by atoms with Gasteiger partial charge in [0, 0.05) is 18.7 Å². The van der Waals surface area contributed by atoms with Crippen molar-refractivity contribution in [2.45, 2.75) is 18.0 Å². The van der Waals surface area contributed by atoms with E-state index in [9.17, 15) is 4.57 Å². The van der Waals surface area contributed by atoms with Gasteiger partial charge in [-0.2, -0.15) is 0 Å². The fraction of sp³-hybridized carbons (Fsp3) is 1.00. The molecule has 0 aromatic heterocycles. The molecule has 0 N–H and O–H groups in total. The topological polar surface area (TPSA) is 35.5 Å². The van der Waals surface area contributed by atoms with Crippen molar-refractivity contribution >= 4 is 28.1 Å². The average molecular weight is 190 g/mol. The summed E-state index contributed by atoms with van der Waals surface area (Å²) in [6.07, 6.45) is 0.149. The van der Waals surface area contributed by atoms with Crippen molar-refractivity contribution in [2.24, 2.45) is 0 Å². The van der Waals surface area contributed by atoms with E-state index in [-0.39, 0.29) is 20.8 Å². The van der Waals surface area contributed by atoms with Crippen LogP contribution in [0, 0.1) is 0 Å². The van der Waals surface area contributed by atoms with Gasteiger partial charge < -0.3 is 9.47 Å². The minimum Gasteiger partial charge on any atom is -0.347 e. The lowest BCUT2D eigenvalue weighted by Crippen LogP contribution is -2.25. The highest BCUT2D eigenvalue weighted by atomic mass is 32.2. The first-order valence-corrected chi connectivity index (χ1v) is 5.15. The number of hydrogen-bond donors (Lipinski definition) is 0. The van der Waals surface area contributed by atoms with Crippen molar-refractivity contribution in [3.63, 3.8) is 0 Å². The number of hydrogen-bond acceptors (Lipinski definition) is 4. The van der Waals surface area contributed by atoms with Gasteiger partial charge in [-0.1, -0.05) is 11.8 Å². The van der Waals surface area contributed by atoms with Gasteiger partial charge in [-0.05, 0) is 0 Å². The van der Waals surface area contributed by atoms with Crippen molar-refractivity contribution in [1.82, 2.24) is 0 Å². The van der Waals surface area contributed by atoms with E-state index >= 15 is 0 Å². The van der Waals surface area contributed by atoms with Gasteiger partial charge in [0.05, 0.1) is 0 Å². The summed E-state index contributed by atoms with van der Waals surface area (Å²) in [4.78, 5) is 0. The quantitative estimate of drug-likeness (QED) is 0.494. The molecule has 0 amide bonds. The van der Waals surface area contributed by atoms with Crippen LogP contribution in [0.3, 0.4) is 0 Å². The molecule has 3 nitrogen and oxygen atoms in total. The zero-order valence-electron chi connectivity index (χ0n) is 6.15. The van der Waals surface area contributed by atoms with Crippen molar-refractivity contribution in [3.8, 4) is 0 Å². The zero-order valence-corrected chi connectivity index (χ0v) is 7.86. The molecule has 2 radical (unpaired) electrons. The zero-order chi connectivity index (χ0) is 8.32. The molecule has 60 valence electrons. The lowest BCUT2D eigenvalue weighted by molar-refractivity contribution is -0.141. The minimum atomic E-state index is -0.698. The van der Waals surface area contributed by atoms with Gasteiger partial charge in [-0.3, -0.25) is 4.57 Å². The summed E-state index contributed by atoms with van der Waals surface area (Å²) < 4.78 is 20.4. The second-order valence-electron chi connectivity index (χ2n) is 2.23. The first kappa shape index (κ1) is 9.52. The van der Waals surface area contributed by atoms with E-state index in [0.717, 1.165) is 0 Å². The summed E-state index contributed by atoms with van der Waals surface area (Å²) in [5.74, 6) is 0.715. The summed E-state index contributed by atoms with van der Waals surface area (Å²) in [5.41, 5.74) is 0. The molecule has 0 aliphatic carbocycles.